The van der Waals surface area contributed by atoms with Crippen LogP contribution in [0, 0.1) is 0 Å². The number of anilines is 1. The molecule has 0 aliphatic carbocycles. The Morgan fingerprint density at radius 1 is 1.21 bits per heavy atom. The number of aromatic nitrogens is 2. The van der Waals surface area contributed by atoms with Crippen LogP contribution < -0.4 is 9.64 Å². The number of hydrogen-bond acceptors (Lipinski definition) is 6. The summed E-state index contributed by atoms with van der Waals surface area (Å²) in [6.07, 6.45) is 5.14. The molecule has 0 N–H and O–H groups in total. The molecule has 0 spiro atoms. The van der Waals surface area contributed by atoms with Crippen LogP contribution in [0.2, 0.25) is 0 Å². The maximum Gasteiger partial charge on any atom is 0.253 e. The van der Waals surface area contributed by atoms with Crippen molar-refractivity contribution in [3.8, 4) is 5.75 Å². The Morgan fingerprint density at radius 2 is 2.14 bits per heavy atom. The van der Waals surface area contributed by atoms with E-state index in [4.69, 9.17) is 4.74 Å². The highest BCUT2D eigenvalue weighted by Crippen LogP contribution is 2.32. The Hall–Kier alpha value is -3.03. The fourth-order valence-electron chi connectivity index (χ4n) is 2.66. The third-order valence-corrected chi connectivity index (χ3v) is 5.94. The minimum absolute atomic E-state index is 0.134. The molecule has 3 aromatic heterocycles. The molecule has 0 radical (unpaired) electrons. The Kier molecular flexibility index (Phi) is 5.45. The number of thiazole rings is 1. The maximum absolute atomic E-state index is 13.0. The van der Waals surface area contributed by atoms with Gasteiger partial charge >= 0.3 is 0 Å². The molecular formula is C21H17N3O2S2. The first-order valence-corrected chi connectivity index (χ1v) is 10.3. The number of benzene rings is 1. The Balaban J connectivity index is 1.68. The van der Waals surface area contributed by atoms with Crippen molar-refractivity contribution < 1.29 is 9.53 Å². The van der Waals surface area contributed by atoms with Gasteiger partial charge in [0, 0.05) is 17.2 Å². The van der Waals surface area contributed by atoms with Gasteiger partial charge in [0.2, 0.25) is 0 Å². The molecule has 1 aromatic carbocycles. The van der Waals surface area contributed by atoms with Crippen LogP contribution in [0.3, 0.4) is 0 Å². The van der Waals surface area contributed by atoms with E-state index in [1.165, 1.54) is 11.3 Å². The van der Waals surface area contributed by atoms with Crippen molar-refractivity contribution in [1.82, 2.24) is 9.97 Å². The van der Waals surface area contributed by atoms with Crippen molar-refractivity contribution in [1.29, 1.82) is 0 Å². The molecule has 4 aromatic rings. The van der Waals surface area contributed by atoms with Gasteiger partial charge in [-0.15, -0.1) is 11.3 Å². The Bertz CT molecular complexity index is 1110. The molecule has 7 heteroatoms. The second kappa shape index (κ2) is 8.33. The smallest absolute Gasteiger partial charge is 0.253 e. The first-order chi connectivity index (χ1) is 13.7. The number of thiophene rings is 1. The molecule has 0 unspecified atom stereocenters. The van der Waals surface area contributed by atoms with Crippen molar-refractivity contribution in [2.24, 2.45) is 0 Å². The van der Waals surface area contributed by atoms with E-state index in [-0.39, 0.29) is 5.91 Å². The van der Waals surface area contributed by atoms with Crippen LogP contribution >= 0.6 is 22.7 Å². The van der Waals surface area contributed by atoms with Crippen LogP contribution in [-0.2, 0) is 11.3 Å². The SMILES string of the molecule is COc1ccc2nc(N(Cc3ccccn3)C(=O)/C=C/c3cccs3)sc2c1. The van der Waals surface area contributed by atoms with Gasteiger partial charge in [0.25, 0.3) is 5.91 Å². The van der Waals surface area contributed by atoms with Gasteiger partial charge in [-0.3, -0.25) is 14.7 Å². The summed E-state index contributed by atoms with van der Waals surface area (Å²) in [5.74, 6) is 0.632. The molecule has 28 heavy (non-hydrogen) atoms. The number of carbonyl (C=O) groups excluding carboxylic acids is 1. The summed E-state index contributed by atoms with van der Waals surface area (Å²) in [6.45, 7) is 0.353. The number of rotatable bonds is 6. The lowest BCUT2D eigenvalue weighted by atomic mass is 10.3. The third kappa shape index (κ3) is 4.11. The van der Waals surface area contributed by atoms with Crippen molar-refractivity contribution in [3.05, 3.63) is 76.8 Å². The summed E-state index contributed by atoms with van der Waals surface area (Å²) < 4.78 is 6.26. The van der Waals surface area contributed by atoms with E-state index < -0.39 is 0 Å². The van der Waals surface area contributed by atoms with Gasteiger partial charge in [0.1, 0.15) is 5.75 Å². The summed E-state index contributed by atoms with van der Waals surface area (Å²) in [5.41, 5.74) is 1.64. The first kappa shape index (κ1) is 18.3. The second-order valence-electron chi connectivity index (χ2n) is 5.92. The molecule has 4 rings (SSSR count). The monoisotopic (exact) mass is 407 g/mol. The van der Waals surface area contributed by atoms with Gasteiger partial charge in [-0.05, 0) is 47.9 Å². The second-order valence-corrected chi connectivity index (χ2v) is 7.91. The zero-order chi connectivity index (χ0) is 19.3. The number of pyridine rings is 1. The molecule has 1 amide bonds. The number of carbonyl (C=O) groups is 1. The predicted octanol–water partition coefficient (Wildman–Crippen LogP) is 5.01. The van der Waals surface area contributed by atoms with E-state index in [1.807, 2.05) is 60.0 Å². The van der Waals surface area contributed by atoms with Crippen LogP contribution in [0.15, 0.2) is 66.2 Å². The van der Waals surface area contributed by atoms with Gasteiger partial charge in [0.05, 0.1) is 29.6 Å². The molecule has 0 saturated carbocycles. The highest BCUT2D eigenvalue weighted by atomic mass is 32.1. The van der Waals surface area contributed by atoms with Crippen LogP contribution in [0.1, 0.15) is 10.6 Å². The summed E-state index contributed by atoms with van der Waals surface area (Å²) in [6, 6.07) is 15.3. The summed E-state index contributed by atoms with van der Waals surface area (Å²) >= 11 is 3.05. The predicted molar refractivity (Wildman–Crippen MR) is 115 cm³/mol. The number of amides is 1. The zero-order valence-electron chi connectivity index (χ0n) is 15.1. The fourth-order valence-corrected chi connectivity index (χ4v) is 4.27. The van der Waals surface area contributed by atoms with Crippen LogP contribution in [0.4, 0.5) is 5.13 Å². The first-order valence-electron chi connectivity index (χ1n) is 8.60. The normalized spacial score (nSPS) is 11.2. The highest BCUT2D eigenvalue weighted by Gasteiger charge is 2.19. The molecular weight excluding hydrogens is 390 g/mol. The average Bonchev–Trinajstić information content (AvgIpc) is 3.39. The van der Waals surface area contributed by atoms with E-state index >= 15 is 0 Å². The van der Waals surface area contributed by atoms with E-state index in [0.717, 1.165) is 26.5 Å². The summed E-state index contributed by atoms with van der Waals surface area (Å²) in [5, 5.41) is 2.62. The van der Waals surface area contributed by atoms with Gasteiger partial charge in [0.15, 0.2) is 5.13 Å². The molecule has 140 valence electrons. The summed E-state index contributed by atoms with van der Waals surface area (Å²) in [4.78, 5) is 24.7. The van der Waals surface area contributed by atoms with E-state index in [0.29, 0.717) is 11.7 Å². The molecule has 0 bridgehead atoms. The maximum atomic E-state index is 13.0. The average molecular weight is 408 g/mol. The molecule has 3 heterocycles. The lowest BCUT2D eigenvalue weighted by molar-refractivity contribution is -0.114. The third-order valence-electron chi connectivity index (χ3n) is 4.06. The topological polar surface area (TPSA) is 55.3 Å². The van der Waals surface area contributed by atoms with E-state index in [9.17, 15) is 4.79 Å². The fraction of sp³-hybridized carbons (Fsp3) is 0.0952. The van der Waals surface area contributed by atoms with Gasteiger partial charge in [-0.1, -0.05) is 23.5 Å². The minimum atomic E-state index is -0.134. The van der Waals surface area contributed by atoms with Gasteiger partial charge in [-0.2, -0.15) is 0 Å². The Morgan fingerprint density at radius 3 is 2.89 bits per heavy atom. The van der Waals surface area contributed by atoms with Crippen LogP contribution in [0.5, 0.6) is 5.75 Å². The van der Waals surface area contributed by atoms with Crippen molar-refractivity contribution >= 4 is 50.0 Å². The zero-order valence-corrected chi connectivity index (χ0v) is 16.7. The van der Waals surface area contributed by atoms with Gasteiger partial charge in [-0.25, -0.2) is 4.98 Å². The van der Waals surface area contributed by atoms with Crippen molar-refractivity contribution in [2.45, 2.75) is 6.54 Å². The van der Waals surface area contributed by atoms with Crippen molar-refractivity contribution in [3.63, 3.8) is 0 Å². The minimum Gasteiger partial charge on any atom is -0.497 e. The molecule has 0 aliphatic rings. The molecule has 0 atom stereocenters. The highest BCUT2D eigenvalue weighted by molar-refractivity contribution is 7.22. The number of ether oxygens (including phenoxy) is 1. The number of nitrogens with zero attached hydrogens (tertiary/aromatic N) is 3. The quantitative estimate of drug-likeness (QED) is 0.422. The number of fused-ring (bicyclic) bond motifs is 1. The Labute approximate surface area is 170 Å². The van der Waals surface area contributed by atoms with E-state index in [2.05, 4.69) is 9.97 Å². The van der Waals surface area contributed by atoms with E-state index in [1.54, 1.807) is 35.6 Å². The molecule has 0 aliphatic heterocycles. The standard InChI is InChI=1S/C21H17N3O2S2/c1-26-16-7-9-18-19(13-16)28-21(23-18)24(14-15-5-2-3-11-22-15)20(25)10-8-17-6-4-12-27-17/h2-13H,14H2,1H3/b10-8+. The molecule has 0 saturated heterocycles. The molecule has 0 fully saturated rings. The van der Waals surface area contributed by atoms with Crippen LogP contribution in [-0.4, -0.2) is 23.0 Å². The number of methoxy groups -OCH3 is 1. The largest absolute Gasteiger partial charge is 0.497 e. The molecule has 5 nitrogen and oxygen atoms in total. The lowest BCUT2D eigenvalue weighted by Crippen LogP contribution is -2.28. The van der Waals surface area contributed by atoms with Gasteiger partial charge < -0.3 is 4.74 Å². The number of hydrogen-bond donors (Lipinski definition) is 0. The van der Waals surface area contributed by atoms with Crippen LogP contribution in [0.25, 0.3) is 16.3 Å². The van der Waals surface area contributed by atoms with Crippen molar-refractivity contribution in [2.75, 3.05) is 12.0 Å². The lowest BCUT2D eigenvalue weighted by Gasteiger charge is -2.17. The summed E-state index contributed by atoms with van der Waals surface area (Å²) in [7, 11) is 1.63.